The summed E-state index contributed by atoms with van der Waals surface area (Å²) < 4.78 is 0. The third-order valence-corrected chi connectivity index (χ3v) is 3.78. The molecule has 1 nitrogen and oxygen atoms in total. The van der Waals surface area contributed by atoms with Crippen LogP contribution in [-0.4, -0.2) is 18.3 Å². The largest absolute Gasteiger partial charge is 0.313 e. The van der Waals surface area contributed by atoms with Gasteiger partial charge in [0.15, 0.2) is 0 Å². The summed E-state index contributed by atoms with van der Waals surface area (Å²) in [5.74, 6) is 1.06. The molecule has 0 saturated heterocycles. The van der Waals surface area contributed by atoms with Crippen LogP contribution in [0.5, 0.6) is 0 Å². The molecule has 0 aromatic heterocycles. The van der Waals surface area contributed by atoms with Crippen molar-refractivity contribution in [2.24, 2.45) is 0 Å². The van der Waals surface area contributed by atoms with Crippen molar-refractivity contribution in [2.75, 3.05) is 12.3 Å². The topological polar surface area (TPSA) is 12.0 Å². The Balaban J connectivity index is 2.45. The molecular weight excluding hydrogens is 250 g/mol. The average Bonchev–Trinajstić information content (AvgIpc) is 2.27. The molecule has 0 radical (unpaired) electrons. The van der Waals surface area contributed by atoms with Crippen LogP contribution < -0.4 is 5.32 Å². The Labute approximate surface area is 114 Å². The van der Waals surface area contributed by atoms with Gasteiger partial charge in [-0.1, -0.05) is 24.1 Å². The van der Waals surface area contributed by atoms with Crippen molar-refractivity contribution >= 4 is 23.4 Å². The molecule has 0 amide bonds. The van der Waals surface area contributed by atoms with Gasteiger partial charge in [-0.3, -0.25) is 0 Å². The van der Waals surface area contributed by atoms with Crippen molar-refractivity contribution in [2.45, 2.75) is 31.2 Å². The van der Waals surface area contributed by atoms with Gasteiger partial charge < -0.3 is 5.32 Å². The van der Waals surface area contributed by atoms with E-state index >= 15 is 0 Å². The molecule has 0 fully saturated rings. The first-order chi connectivity index (χ1) is 8.11. The van der Waals surface area contributed by atoms with Crippen LogP contribution in [0.15, 0.2) is 41.3 Å². The van der Waals surface area contributed by atoms with E-state index in [0.717, 1.165) is 23.7 Å². The van der Waals surface area contributed by atoms with E-state index in [2.05, 4.69) is 37.9 Å². The van der Waals surface area contributed by atoms with Crippen molar-refractivity contribution in [3.05, 3.63) is 41.4 Å². The van der Waals surface area contributed by atoms with Crippen LogP contribution in [0.1, 0.15) is 20.3 Å². The molecule has 0 saturated carbocycles. The third kappa shape index (κ3) is 6.16. The lowest BCUT2D eigenvalue weighted by molar-refractivity contribution is 0.571. The highest BCUT2D eigenvalue weighted by Gasteiger charge is 2.07. The monoisotopic (exact) mass is 269 g/mol. The second kappa shape index (κ2) is 7.80. The number of thioether (sulfide) groups is 1. The zero-order chi connectivity index (χ0) is 12.7. The van der Waals surface area contributed by atoms with Crippen LogP contribution in [0.4, 0.5) is 0 Å². The normalized spacial score (nSPS) is 12.4. The molecule has 94 valence electrons. The summed E-state index contributed by atoms with van der Waals surface area (Å²) in [4.78, 5) is 1.26. The zero-order valence-electron chi connectivity index (χ0n) is 10.5. The van der Waals surface area contributed by atoms with Gasteiger partial charge in [0, 0.05) is 21.7 Å². The van der Waals surface area contributed by atoms with Gasteiger partial charge >= 0.3 is 0 Å². The molecule has 0 heterocycles. The summed E-state index contributed by atoms with van der Waals surface area (Å²) >= 11 is 7.72. The van der Waals surface area contributed by atoms with Crippen LogP contribution in [0.3, 0.4) is 0 Å². The van der Waals surface area contributed by atoms with Crippen LogP contribution in [0, 0.1) is 0 Å². The van der Waals surface area contributed by atoms with Gasteiger partial charge in [0.1, 0.15) is 0 Å². The molecule has 0 aliphatic heterocycles. The highest BCUT2D eigenvalue weighted by Crippen LogP contribution is 2.22. The first-order valence-corrected chi connectivity index (χ1v) is 7.24. The van der Waals surface area contributed by atoms with Gasteiger partial charge in [-0.25, -0.2) is 0 Å². The molecule has 1 aromatic carbocycles. The van der Waals surface area contributed by atoms with Crippen molar-refractivity contribution in [1.29, 1.82) is 0 Å². The number of hydrogen-bond donors (Lipinski definition) is 1. The van der Waals surface area contributed by atoms with Gasteiger partial charge in [0.05, 0.1) is 0 Å². The minimum Gasteiger partial charge on any atom is -0.313 e. The zero-order valence-corrected chi connectivity index (χ0v) is 12.1. The van der Waals surface area contributed by atoms with Crippen LogP contribution >= 0.6 is 23.4 Å². The van der Waals surface area contributed by atoms with E-state index in [1.165, 1.54) is 10.5 Å². The predicted molar refractivity (Wildman–Crippen MR) is 79.1 cm³/mol. The van der Waals surface area contributed by atoms with Gasteiger partial charge in [-0.05, 0) is 44.2 Å². The molecule has 3 heteroatoms. The van der Waals surface area contributed by atoms with Crippen LogP contribution in [-0.2, 0) is 0 Å². The van der Waals surface area contributed by atoms with E-state index in [9.17, 15) is 0 Å². The average molecular weight is 270 g/mol. The molecule has 1 atom stereocenters. The molecule has 0 aliphatic rings. The van der Waals surface area contributed by atoms with Crippen molar-refractivity contribution in [3.63, 3.8) is 0 Å². The summed E-state index contributed by atoms with van der Waals surface area (Å²) in [5, 5.41) is 4.28. The molecule has 0 spiro atoms. The Hall–Kier alpha value is -0.440. The summed E-state index contributed by atoms with van der Waals surface area (Å²) in [6.45, 7) is 9.19. The molecule has 1 unspecified atom stereocenters. The van der Waals surface area contributed by atoms with Gasteiger partial charge in [0.2, 0.25) is 0 Å². The highest BCUT2D eigenvalue weighted by atomic mass is 35.5. The number of hydrogen-bond acceptors (Lipinski definition) is 2. The minimum absolute atomic E-state index is 0.498. The lowest BCUT2D eigenvalue weighted by atomic mass is 10.1. The predicted octanol–water partition coefficient (Wildman–Crippen LogP) is 4.38. The minimum atomic E-state index is 0.498. The standard InChI is InChI=1S/C14H20ClNS/c1-4-16-13(9-11(2)3)10-17-14-7-5-12(15)6-8-14/h5-8,13,16H,2,4,9-10H2,1,3H3. The molecule has 17 heavy (non-hydrogen) atoms. The smallest absolute Gasteiger partial charge is 0.0406 e. The second-order valence-corrected chi connectivity index (χ2v) is 5.71. The molecular formula is C14H20ClNS. The maximum Gasteiger partial charge on any atom is 0.0406 e. The van der Waals surface area contributed by atoms with E-state index in [1.807, 2.05) is 23.9 Å². The summed E-state index contributed by atoms with van der Waals surface area (Å²) in [6.07, 6.45) is 1.04. The van der Waals surface area contributed by atoms with E-state index in [1.54, 1.807) is 0 Å². The quantitative estimate of drug-likeness (QED) is 0.582. The Kier molecular flexibility index (Phi) is 6.71. The van der Waals surface area contributed by atoms with Crippen molar-refractivity contribution < 1.29 is 0 Å². The molecule has 0 aliphatic carbocycles. The molecule has 1 aromatic rings. The lowest BCUT2D eigenvalue weighted by Crippen LogP contribution is -2.31. The lowest BCUT2D eigenvalue weighted by Gasteiger charge is -2.17. The Bertz CT molecular complexity index is 348. The van der Waals surface area contributed by atoms with Gasteiger partial charge in [-0.2, -0.15) is 0 Å². The Morgan fingerprint density at radius 3 is 2.59 bits per heavy atom. The van der Waals surface area contributed by atoms with Crippen molar-refractivity contribution in [1.82, 2.24) is 5.32 Å². The van der Waals surface area contributed by atoms with Crippen LogP contribution in [0.2, 0.25) is 5.02 Å². The highest BCUT2D eigenvalue weighted by molar-refractivity contribution is 7.99. The first-order valence-electron chi connectivity index (χ1n) is 5.88. The first kappa shape index (κ1) is 14.6. The van der Waals surface area contributed by atoms with Gasteiger partial charge in [0.25, 0.3) is 0 Å². The number of benzene rings is 1. The SMILES string of the molecule is C=C(C)CC(CSc1ccc(Cl)cc1)NCC. The number of halogens is 1. The number of rotatable bonds is 7. The van der Waals surface area contributed by atoms with E-state index < -0.39 is 0 Å². The number of nitrogens with one attached hydrogen (secondary N) is 1. The molecule has 0 bridgehead atoms. The maximum absolute atomic E-state index is 5.86. The maximum atomic E-state index is 5.86. The van der Waals surface area contributed by atoms with Crippen LogP contribution in [0.25, 0.3) is 0 Å². The Morgan fingerprint density at radius 1 is 1.41 bits per heavy atom. The fourth-order valence-corrected chi connectivity index (χ4v) is 2.71. The van der Waals surface area contributed by atoms with E-state index in [-0.39, 0.29) is 0 Å². The summed E-state index contributed by atoms with van der Waals surface area (Å²) in [5.41, 5.74) is 1.23. The third-order valence-electron chi connectivity index (χ3n) is 2.35. The second-order valence-electron chi connectivity index (χ2n) is 4.18. The fraction of sp³-hybridized carbons (Fsp3) is 0.429. The van der Waals surface area contributed by atoms with Crippen molar-refractivity contribution in [3.8, 4) is 0 Å². The van der Waals surface area contributed by atoms with E-state index in [4.69, 9.17) is 11.6 Å². The molecule has 1 rings (SSSR count). The Morgan fingerprint density at radius 2 is 2.06 bits per heavy atom. The van der Waals surface area contributed by atoms with Gasteiger partial charge in [-0.15, -0.1) is 18.3 Å². The summed E-state index contributed by atoms with van der Waals surface area (Å²) in [6, 6.07) is 8.50. The fourth-order valence-electron chi connectivity index (χ4n) is 1.63. The molecule has 1 N–H and O–H groups in total. The van der Waals surface area contributed by atoms with E-state index in [0.29, 0.717) is 6.04 Å². The summed E-state index contributed by atoms with van der Waals surface area (Å²) in [7, 11) is 0.